The molecule has 0 aliphatic heterocycles. The van der Waals surface area contributed by atoms with Crippen LogP contribution >= 0.6 is 0 Å². The summed E-state index contributed by atoms with van der Waals surface area (Å²) in [6.45, 7) is 2.15. The molecule has 1 heteroatoms. The molecule has 1 radical (unpaired) electrons. The van der Waals surface area contributed by atoms with Gasteiger partial charge in [0.1, 0.15) is 6.10 Å². The van der Waals surface area contributed by atoms with Gasteiger partial charge >= 0.3 is 0 Å². The summed E-state index contributed by atoms with van der Waals surface area (Å²) in [5.41, 5.74) is 5.44. The minimum absolute atomic E-state index is 0.691. The van der Waals surface area contributed by atoms with E-state index in [1.165, 1.54) is 5.56 Å². The highest BCUT2D eigenvalue weighted by atomic mass is 16.3. The summed E-state index contributed by atoms with van der Waals surface area (Å²) in [5, 5.41) is 12.5. The molecule has 0 saturated carbocycles. The first kappa shape index (κ1) is 10.5. The van der Waals surface area contributed by atoms with Gasteiger partial charge in [-0.3, -0.25) is 0 Å². The standard InChI is InChI=1S/C16H15O/c1-2-6-11-7-5-10-13-12-8-3-4-9-14(12)16(17)15(11)13/h3-5,7-10,16H,2,6H2,1H3. The molecule has 2 aromatic rings. The molecule has 0 heterocycles. The lowest BCUT2D eigenvalue weighted by molar-refractivity contribution is 0.128. The Morgan fingerprint density at radius 2 is 1.76 bits per heavy atom. The molecule has 0 aromatic heterocycles. The lowest BCUT2D eigenvalue weighted by Crippen LogP contribution is -1.97. The molecule has 2 aromatic carbocycles. The quantitative estimate of drug-likeness (QED) is 0.729. The molecule has 1 unspecified atom stereocenters. The summed E-state index contributed by atoms with van der Waals surface area (Å²) in [6, 6.07) is 14.2. The topological polar surface area (TPSA) is 19.9 Å². The van der Waals surface area contributed by atoms with Crippen molar-refractivity contribution >= 4 is 0 Å². The monoisotopic (exact) mass is 223 g/mol. The highest BCUT2D eigenvalue weighted by molar-refractivity contribution is 5.79. The predicted molar refractivity (Wildman–Crippen MR) is 68.4 cm³/mol. The van der Waals surface area contributed by atoms with E-state index in [4.69, 9.17) is 0 Å². The van der Waals surface area contributed by atoms with Crippen molar-refractivity contribution in [2.45, 2.75) is 25.9 Å². The van der Waals surface area contributed by atoms with E-state index in [1.54, 1.807) is 0 Å². The Kier molecular flexibility index (Phi) is 2.49. The van der Waals surface area contributed by atoms with E-state index in [-0.39, 0.29) is 0 Å². The number of fused-ring (bicyclic) bond motifs is 3. The summed E-state index contributed by atoms with van der Waals surface area (Å²) < 4.78 is 0. The largest absolute Gasteiger partial charge is 0.223 e. The third-order valence-electron chi connectivity index (χ3n) is 3.51. The number of rotatable bonds is 2. The Bertz CT molecular complexity index is 557. The molecular weight excluding hydrogens is 208 g/mol. The Labute approximate surface area is 102 Å². The van der Waals surface area contributed by atoms with Crippen molar-refractivity contribution in [2.24, 2.45) is 0 Å². The molecular formula is C16H15O. The van der Waals surface area contributed by atoms with Crippen LogP contribution in [0.1, 0.15) is 36.1 Å². The minimum Gasteiger partial charge on any atom is -0.223 e. The number of hydrogen-bond donors (Lipinski definition) is 0. The van der Waals surface area contributed by atoms with Gasteiger partial charge in [-0.1, -0.05) is 55.8 Å². The van der Waals surface area contributed by atoms with Crippen LogP contribution in [0.15, 0.2) is 42.5 Å². The molecule has 3 rings (SSSR count). The van der Waals surface area contributed by atoms with Gasteiger partial charge in [-0.05, 0) is 34.2 Å². The molecule has 0 N–H and O–H groups in total. The second-order valence-corrected chi connectivity index (χ2v) is 4.60. The van der Waals surface area contributed by atoms with Crippen LogP contribution in [0.5, 0.6) is 0 Å². The van der Waals surface area contributed by atoms with Gasteiger partial charge in [0.2, 0.25) is 0 Å². The van der Waals surface area contributed by atoms with Gasteiger partial charge in [-0.25, -0.2) is 5.11 Å². The lowest BCUT2D eigenvalue weighted by Gasteiger charge is -2.09. The number of benzene rings is 2. The van der Waals surface area contributed by atoms with Crippen molar-refractivity contribution in [1.29, 1.82) is 0 Å². The van der Waals surface area contributed by atoms with Crippen LogP contribution in [0.3, 0.4) is 0 Å². The first-order valence-corrected chi connectivity index (χ1v) is 6.20. The molecule has 17 heavy (non-hydrogen) atoms. The van der Waals surface area contributed by atoms with Crippen LogP contribution in [0.25, 0.3) is 11.1 Å². The SMILES string of the molecule is CCCc1cccc2c1C([O])c1ccccc1-2. The third-order valence-corrected chi connectivity index (χ3v) is 3.51. The fourth-order valence-electron chi connectivity index (χ4n) is 2.77. The summed E-state index contributed by atoms with van der Waals surface area (Å²) in [6.07, 6.45) is 1.39. The Balaban J connectivity index is 2.23. The molecule has 1 atom stereocenters. The van der Waals surface area contributed by atoms with Crippen LogP contribution in [-0.2, 0) is 11.5 Å². The summed E-state index contributed by atoms with van der Waals surface area (Å²) in [7, 11) is 0. The molecule has 0 saturated heterocycles. The summed E-state index contributed by atoms with van der Waals surface area (Å²) in [5.74, 6) is 0. The number of aryl methyl sites for hydroxylation is 1. The molecule has 1 nitrogen and oxygen atoms in total. The molecule has 1 aliphatic carbocycles. The average Bonchev–Trinajstić information content (AvgIpc) is 2.66. The fraction of sp³-hybridized carbons (Fsp3) is 0.250. The average molecular weight is 223 g/mol. The van der Waals surface area contributed by atoms with Gasteiger partial charge in [0.25, 0.3) is 0 Å². The molecule has 1 aliphatic rings. The van der Waals surface area contributed by atoms with Gasteiger partial charge in [0, 0.05) is 0 Å². The predicted octanol–water partition coefficient (Wildman–Crippen LogP) is 4.14. The maximum Gasteiger partial charge on any atom is 0.145 e. The number of hydrogen-bond acceptors (Lipinski definition) is 0. The van der Waals surface area contributed by atoms with Gasteiger partial charge in [-0.2, -0.15) is 0 Å². The van der Waals surface area contributed by atoms with E-state index < -0.39 is 6.10 Å². The van der Waals surface area contributed by atoms with Crippen molar-refractivity contribution in [3.05, 3.63) is 59.2 Å². The maximum absolute atomic E-state index is 12.5. The zero-order valence-corrected chi connectivity index (χ0v) is 9.94. The van der Waals surface area contributed by atoms with Crippen molar-refractivity contribution in [3.8, 4) is 11.1 Å². The Morgan fingerprint density at radius 1 is 1.00 bits per heavy atom. The molecule has 0 spiro atoms. The summed E-state index contributed by atoms with van der Waals surface area (Å²) >= 11 is 0. The normalized spacial score (nSPS) is 16.7. The van der Waals surface area contributed by atoms with Crippen molar-refractivity contribution in [2.75, 3.05) is 0 Å². The van der Waals surface area contributed by atoms with Crippen molar-refractivity contribution in [1.82, 2.24) is 0 Å². The molecule has 0 amide bonds. The van der Waals surface area contributed by atoms with Crippen LogP contribution in [0.4, 0.5) is 0 Å². The molecule has 0 fully saturated rings. The second kappa shape index (κ2) is 4.01. The first-order valence-electron chi connectivity index (χ1n) is 6.20. The van der Waals surface area contributed by atoms with Crippen LogP contribution in [-0.4, -0.2) is 0 Å². The minimum atomic E-state index is -0.691. The zero-order valence-electron chi connectivity index (χ0n) is 9.94. The molecule has 0 bridgehead atoms. The van der Waals surface area contributed by atoms with Crippen molar-refractivity contribution < 1.29 is 5.11 Å². The van der Waals surface area contributed by atoms with Crippen LogP contribution in [0, 0.1) is 0 Å². The molecule has 85 valence electrons. The van der Waals surface area contributed by atoms with Gasteiger partial charge < -0.3 is 0 Å². The highest BCUT2D eigenvalue weighted by Crippen LogP contribution is 2.45. The highest BCUT2D eigenvalue weighted by Gasteiger charge is 2.29. The first-order chi connectivity index (χ1) is 8.33. The summed E-state index contributed by atoms with van der Waals surface area (Å²) in [4.78, 5) is 0. The van der Waals surface area contributed by atoms with Gasteiger partial charge in [0.15, 0.2) is 0 Å². The lowest BCUT2D eigenvalue weighted by atomic mass is 9.97. The van der Waals surface area contributed by atoms with Gasteiger partial charge in [0.05, 0.1) is 0 Å². The van der Waals surface area contributed by atoms with E-state index in [0.717, 1.165) is 35.1 Å². The van der Waals surface area contributed by atoms with Crippen LogP contribution in [0.2, 0.25) is 0 Å². The van der Waals surface area contributed by atoms with Gasteiger partial charge in [-0.15, -0.1) is 0 Å². The van der Waals surface area contributed by atoms with E-state index in [0.29, 0.717) is 0 Å². The Morgan fingerprint density at radius 3 is 2.59 bits per heavy atom. The van der Waals surface area contributed by atoms with Crippen molar-refractivity contribution in [3.63, 3.8) is 0 Å². The van der Waals surface area contributed by atoms with Crippen LogP contribution < -0.4 is 0 Å². The third kappa shape index (κ3) is 1.50. The second-order valence-electron chi connectivity index (χ2n) is 4.60. The van der Waals surface area contributed by atoms with E-state index in [2.05, 4.69) is 31.2 Å². The smallest absolute Gasteiger partial charge is 0.145 e. The maximum atomic E-state index is 12.5. The fourth-order valence-corrected chi connectivity index (χ4v) is 2.77. The zero-order chi connectivity index (χ0) is 11.8. The van der Waals surface area contributed by atoms with E-state index in [9.17, 15) is 5.11 Å². The Hall–Kier alpha value is -1.60. The van der Waals surface area contributed by atoms with E-state index in [1.807, 2.05) is 18.2 Å². The van der Waals surface area contributed by atoms with E-state index >= 15 is 0 Å².